The van der Waals surface area contributed by atoms with Crippen LogP contribution in [0.15, 0.2) is 24.3 Å². The van der Waals surface area contributed by atoms with Crippen molar-refractivity contribution >= 4 is 8.07 Å². The van der Waals surface area contributed by atoms with Crippen LogP contribution in [-0.2, 0) is 0 Å². The van der Waals surface area contributed by atoms with Crippen molar-refractivity contribution in [2.45, 2.75) is 111 Å². The highest BCUT2D eigenvalue weighted by Crippen LogP contribution is 2.28. The summed E-state index contributed by atoms with van der Waals surface area (Å²) >= 11 is 0. The van der Waals surface area contributed by atoms with Gasteiger partial charge in [0.05, 0.1) is 0 Å². The summed E-state index contributed by atoms with van der Waals surface area (Å²) in [4.78, 5) is 0. The predicted octanol–water partition coefficient (Wildman–Crippen LogP) is 8.88. The summed E-state index contributed by atoms with van der Waals surface area (Å²) in [6.07, 6.45) is 21.8. The monoisotopic (exact) mass is 364 g/mol. The standard InChI is InChI=1S/C24H48Si/c1-8-9-10-12-16-19-24(23(4)21-25(5,6)7)20-17-14-11-13-15-18-22(2)3/h10,12,16,19,22-24H,8-9,11,13-15,17-18,20-21H2,1-7H3/b12-10+,19-16+. The molecule has 0 aliphatic heterocycles. The van der Waals surface area contributed by atoms with E-state index in [9.17, 15) is 0 Å². The zero-order valence-electron chi connectivity index (χ0n) is 18.6. The lowest BCUT2D eigenvalue weighted by molar-refractivity contribution is 0.408. The molecule has 148 valence electrons. The van der Waals surface area contributed by atoms with Crippen LogP contribution in [0.25, 0.3) is 0 Å². The summed E-state index contributed by atoms with van der Waals surface area (Å²) in [7, 11) is -0.971. The van der Waals surface area contributed by atoms with E-state index in [4.69, 9.17) is 0 Å². The van der Waals surface area contributed by atoms with Gasteiger partial charge in [-0.25, -0.2) is 0 Å². The molecule has 0 aromatic carbocycles. The molecule has 0 radical (unpaired) electrons. The Balaban J connectivity index is 4.29. The maximum atomic E-state index is 2.51. The van der Waals surface area contributed by atoms with Gasteiger partial charge in [0.15, 0.2) is 0 Å². The van der Waals surface area contributed by atoms with Crippen LogP contribution in [0.3, 0.4) is 0 Å². The van der Waals surface area contributed by atoms with Gasteiger partial charge in [-0.2, -0.15) is 0 Å². The Hall–Kier alpha value is -0.303. The Bertz CT molecular complexity index is 346. The van der Waals surface area contributed by atoms with Crippen molar-refractivity contribution in [3.05, 3.63) is 24.3 Å². The van der Waals surface area contributed by atoms with Gasteiger partial charge in [-0.3, -0.25) is 0 Å². The maximum absolute atomic E-state index is 2.51. The van der Waals surface area contributed by atoms with Crippen molar-refractivity contribution in [2.75, 3.05) is 0 Å². The average Bonchev–Trinajstić information content (AvgIpc) is 2.49. The van der Waals surface area contributed by atoms with Crippen molar-refractivity contribution in [2.24, 2.45) is 17.8 Å². The highest BCUT2D eigenvalue weighted by molar-refractivity contribution is 6.76. The third-order valence-corrected chi connectivity index (χ3v) is 6.91. The second kappa shape index (κ2) is 14.8. The van der Waals surface area contributed by atoms with Crippen LogP contribution in [0.1, 0.15) is 85.5 Å². The van der Waals surface area contributed by atoms with E-state index in [1.165, 1.54) is 63.8 Å². The van der Waals surface area contributed by atoms with Gasteiger partial charge in [0.25, 0.3) is 0 Å². The Morgan fingerprint density at radius 2 is 1.40 bits per heavy atom. The van der Waals surface area contributed by atoms with E-state index >= 15 is 0 Å². The lowest BCUT2D eigenvalue weighted by Gasteiger charge is -2.27. The molecule has 0 fully saturated rings. The minimum absolute atomic E-state index is 0.772. The first-order valence-electron chi connectivity index (χ1n) is 11.1. The average molecular weight is 365 g/mol. The molecular formula is C24H48Si. The van der Waals surface area contributed by atoms with Gasteiger partial charge in [-0.1, -0.05) is 123 Å². The lowest BCUT2D eigenvalue weighted by Crippen LogP contribution is -2.25. The number of allylic oxidation sites excluding steroid dienone is 4. The van der Waals surface area contributed by atoms with Gasteiger partial charge >= 0.3 is 0 Å². The molecule has 0 aromatic heterocycles. The Morgan fingerprint density at radius 3 is 1.96 bits per heavy atom. The molecule has 0 nitrogen and oxygen atoms in total. The fourth-order valence-corrected chi connectivity index (χ4v) is 5.93. The Morgan fingerprint density at radius 1 is 0.800 bits per heavy atom. The first-order chi connectivity index (χ1) is 11.8. The van der Waals surface area contributed by atoms with Gasteiger partial charge in [0.2, 0.25) is 0 Å². The van der Waals surface area contributed by atoms with E-state index in [1.807, 2.05) is 0 Å². The summed E-state index contributed by atoms with van der Waals surface area (Å²) in [5.41, 5.74) is 0. The molecule has 1 heteroatoms. The van der Waals surface area contributed by atoms with E-state index in [0.29, 0.717) is 0 Å². The number of hydrogen-bond donors (Lipinski definition) is 0. The number of unbranched alkanes of at least 4 members (excludes halogenated alkanes) is 5. The minimum atomic E-state index is -0.971. The van der Waals surface area contributed by atoms with E-state index in [2.05, 4.69) is 71.6 Å². The van der Waals surface area contributed by atoms with Crippen molar-refractivity contribution in [3.8, 4) is 0 Å². The molecule has 25 heavy (non-hydrogen) atoms. The molecule has 0 aliphatic carbocycles. The number of rotatable bonds is 15. The lowest BCUT2D eigenvalue weighted by atomic mass is 9.89. The Labute approximate surface area is 161 Å². The minimum Gasteiger partial charge on any atom is -0.0846 e. The van der Waals surface area contributed by atoms with Crippen LogP contribution in [0.5, 0.6) is 0 Å². The first-order valence-corrected chi connectivity index (χ1v) is 14.8. The van der Waals surface area contributed by atoms with Crippen LogP contribution in [-0.4, -0.2) is 8.07 Å². The largest absolute Gasteiger partial charge is 0.0846 e. The molecule has 0 saturated heterocycles. The zero-order chi connectivity index (χ0) is 19.1. The van der Waals surface area contributed by atoms with Crippen LogP contribution >= 0.6 is 0 Å². The molecule has 0 aromatic rings. The van der Waals surface area contributed by atoms with Crippen molar-refractivity contribution in [3.63, 3.8) is 0 Å². The third kappa shape index (κ3) is 16.9. The van der Waals surface area contributed by atoms with E-state index < -0.39 is 8.07 Å². The van der Waals surface area contributed by atoms with E-state index in [1.54, 1.807) is 0 Å². The quantitative estimate of drug-likeness (QED) is 0.154. The van der Waals surface area contributed by atoms with Gasteiger partial charge < -0.3 is 0 Å². The molecule has 0 heterocycles. The van der Waals surface area contributed by atoms with Crippen LogP contribution in [0.4, 0.5) is 0 Å². The van der Waals surface area contributed by atoms with Gasteiger partial charge in [-0.05, 0) is 30.6 Å². The molecule has 0 bridgehead atoms. The molecule has 0 aliphatic rings. The van der Waals surface area contributed by atoms with Gasteiger partial charge in [0, 0.05) is 8.07 Å². The summed E-state index contributed by atoms with van der Waals surface area (Å²) in [6.45, 7) is 17.0. The smallest absolute Gasteiger partial charge is 0.0445 e. The molecule has 2 atom stereocenters. The van der Waals surface area contributed by atoms with Crippen molar-refractivity contribution in [1.82, 2.24) is 0 Å². The topological polar surface area (TPSA) is 0 Å². The molecule has 0 spiro atoms. The second-order valence-electron chi connectivity index (χ2n) is 9.75. The number of hydrogen-bond acceptors (Lipinski definition) is 0. The Kier molecular flexibility index (Phi) is 14.6. The van der Waals surface area contributed by atoms with Crippen LogP contribution < -0.4 is 0 Å². The normalized spacial score (nSPS) is 15.5. The van der Waals surface area contributed by atoms with Crippen LogP contribution in [0, 0.1) is 17.8 Å². The van der Waals surface area contributed by atoms with Crippen molar-refractivity contribution in [1.29, 1.82) is 0 Å². The summed E-state index contributed by atoms with van der Waals surface area (Å²) in [5, 5.41) is 0. The summed E-state index contributed by atoms with van der Waals surface area (Å²) in [5.74, 6) is 2.48. The van der Waals surface area contributed by atoms with Crippen molar-refractivity contribution < 1.29 is 0 Å². The highest BCUT2D eigenvalue weighted by Gasteiger charge is 2.22. The fraction of sp³-hybridized carbons (Fsp3) is 0.833. The first kappa shape index (κ1) is 24.7. The summed E-state index contributed by atoms with van der Waals surface area (Å²) in [6, 6.07) is 1.45. The molecular weight excluding hydrogens is 316 g/mol. The molecule has 0 saturated carbocycles. The van der Waals surface area contributed by atoms with E-state index in [0.717, 1.165) is 17.8 Å². The maximum Gasteiger partial charge on any atom is 0.0445 e. The SMILES string of the molecule is CCC/C=C/C=C/C(CCCCCCCC(C)C)C(C)C[Si](C)(C)C. The summed E-state index contributed by atoms with van der Waals surface area (Å²) < 4.78 is 0. The molecule has 0 N–H and O–H groups in total. The molecule has 2 unspecified atom stereocenters. The zero-order valence-corrected chi connectivity index (χ0v) is 19.6. The predicted molar refractivity (Wildman–Crippen MR) is 121 cm³/mol. The molecule has 0 rings (SSSR count). The molecule has 0 amide bonds. The fourth-order valence-electron chi connectivity index (χ4n) is 3.70. The highest BCUT2D eigenvalue weighted by atomic mass is 28.3. The second-order valence-corrected chi connectivity index (χ2v) is 15.3. The van der Waals surface area contributed by atoms with Crippen LogP contribution in [0.2, 0.25) is 25.7 Å². The van der Waals surface area contributed by atoms with E-state index in [-0.39, 0.29) is 0 Å². The third-order valence-electron chi connectivity index (χ3n) is 5.05. The van der Waals surface area contributed by atoms with Gasteiger partial charge in [0.1, 0.15) is 0 Å². The van der Waals surface area contributed by atoms with Gasteiger partial charge in [-0.15, -0.1) is 0 Å².